The first kappa shape index (κ1) is 13.6. The molecule has 0 aliphatic rings. The van der Waals surface area contributed by atoms with E-state index < -0.39 is 11.7 Å². The second kappa shape index (κ2) is 6.36. The van der Waals surface area contributed by atoms with Gasteiger partial charge in [-0.05, 0) is 18.2 Å². The molecule has 1 amide bonds. The molecule has 6 nitrogen and oxygen atoms in total. The minimum Gasteiger partial charge on any atom is -0.320 e. The van der Waals surface area contributed by atoms with Crippen LogP contribution in [0.2, 0.25) is 0 Å². The van der Waals surface area contributed by atoms with E-state index in [1.54, 1.807) is 0 Å². The van der Waals surface area contributed by atoms with Gasteiger partial charge < -0.3 is 5.73 Å². The molecule has 0 unspecified atom stereocenters. The Hall–Kier alpha value is -2.85. The van der Waals surface area contributed by atoms with E-state index in [1.807, 2.05) is 0 Å². The van der Waals surface area contributed by atoms with Crippen molar-refractivity contribution in [3.05, 3.63) is 47.5 Å². The third kappa shape index (κ3) is 3.34. The van der Waals surface area contributed by atoms with Gasteiger partial charge in [0.1, 0.15) is 5.82 Å². The Balaban J connectivity index is 2.25. The van der Waals surface area contributed by atoms with Crippen molar-refractivity contribution in [3.8, 4) is 11.8 Å². The van der Waals surface area contributed by atoms with Crippen LogP contribution in [0.25, 0.3) is 0 Å². The number of aromatic nitrogens is 3. The topological polar surface area (TPSA) is 93.8 Å². The average molecular weight is 271 g/mol. The van der Waals surface area contributed by atoms with E-state index in [9.17, 15) is 9.18 Å². The summed E-state index contributed by atoms with van der Waals surface area (Å²) < 4.78 is 13.7. The van der Waals surface area contributed by atoms with Crippen LogP contribution in [0.5, 0.6) is 0 Å². The van der Waals surface area contributed by atoms with Crippen LogP contribution in [-0.4, -0.2) is 27.6 Å². The second-order valence-corrected chi connectivity index (χ2v) is 3.62. The number of nitrogens with zero attached hydrogens (tertiary/aromatic N) is 3. The number of benzene rings is 1. The average Bonchev–Trinajstić information content (AvgIpc) is 2.47. The highest BCUT2D eigenvalue weighted by Gasteiger charge is 2.13. The SMILES string of the molecule is NCC#Cc1ccc(F)c(C(=O)Nc2nccnn2)c1. The Morgan fingerprint density at radius 1 is 1.40 bits per heavy atom. The first-order valence-electron chi connectivity index (χ1n) is 5.64. The lowest BCUT2D eigenvalue weighted by molar-refractivity contribution is 0.102. The van der Waals surface area contributed by atoms with Gasteiger partial charge >= 0.3 is 0 Å². The van der Waals surface area contributed by atoms with Crippen LogP contribution in [0.1, 0.15) is 15.9 Å². The summed E-state index contributed by atoms with van der Waals surface area (Å²) in [5.41, 5.74) is 5.60. The molecule has 0 saturated carbocycles. The van der Waals surface area contributed by atoms with Crippen LogP contribution in [0.15, 0.2) is 30.6 Å². The summed E-state index contributed by atoms with van der Waals surface area (Å²) >= 11 is 0. The molecule has 1 aromatic heterocycles. The van der Waals surface area contributed by atoms with E-state index in [4.69, 9.17) is 5.73 Å². The van der Waals surface area contributed by atoms with Crippen LogP contribution in [0, 0.1) is 17.7 Å². The highest BCUT2D eigenvalue weighted by atomic mass is 19.1. The summed E-state index contributed by atoms with van der Waals surface area (Å²) in [7, 11) is 0. The Kier molecular flexibility index (Phi) is 4.32. The smallest absolute Gasteiger partial charge is 0.261 e. The number of hydrogen-bond acceptors (Lipinski definition) is 5. The number of nitrogens with one attached hydrogen (secondary N) is 1. The number of carbonyl (C=O) groups excluding carboxylic acids is 1. The zero-order valence-corrected chi connectivity index (χ0v) is 10.3. The second-order valence-electron chi connectivity index (χ2n) is 3.62. The summed E-state index contributed by atoms with van der Waals surface area (Å²) in [4.78, 5) is 15.7. The van der Waals surface area contributed by atoms with Gasteiger partial charge in [-0.1, -0.05) is 11.8 Å². The molecule has 1 aromatic carbocycles. The number of nitrogens with two attached hydrogens (primary N) is 1. The van der Waals surface area contributed by atoms with E-state index in [0.717, 1.165) is 0 Å². The molecule has 0 spiro atoms. The lowest BCUT2D eigenvalue weighted by atomic mass is 10.1. The zero-order valence-electron chi connectivity index (χ0n) is 10.3. The molecule has 0 aliphatic heterocycles. The molecule has 1 heterocycles. The number of amides is 1. The van der Waals surface area contributed by atoms with Crippen LogP contribution in [0.3, 0.4) is 0 Å². The first-order chi connectivity index (χ1) is 9.70. The van der Waals surface area contributed by atoms with Crippen molar-refractivity contribution in [2.75, 3.05) is 11.9 Å². The fourth-order valence-electron chi connectivity index (χ4n) is 1.40. The number of anilines is 1. The number of rotatable bonds is 2. The van der Waals surface area contributed by atoms with Gasteiger partial charge in [0.15, 0.2) is 0 Å². The summed E-state index contributed by atoms with van der Waals surface area (Å²) in [5, 5.41) is 9.49. The van der Waals surface area contributed by atoms with Gasteiger partial charge in [0.2, 0.25) is 5.95 Å². The number of halogens is 1. The minimum absolute atomic E-state index is 0.00431. The van der Waals surface area contributed by atoms with E-state index >= 15 is 0 Å². The molecule has 3 N–H and O–H groups in total. The molecule has 0 saturated heterocycles. The largest absolute Gasteiger partial charge is 0.320 e. The molecular formula is C13H10FN5O. The maximum Gasteiger partial charge on any atom is 0.261 e. The summed E-state index contributed by atoms with van der Waals surface area (Å²) in [6.07, 6.45) is 2.72. The fourth-order valence-corrected chi connectivity index (χ4v) is 1.40. The monoisotopic (exact) mass is 271 g/mol. The molecule has 7 heteroatoms. The quantitative estimate of drug-likeness (QED) is 0.779. The van der Waals surface area contributed by atoms with Gasteiger partial charge in [-0.3, -0.25) is 10.1 Å². The van der Waals surface area contributed by atoms with Crippen molar-refractivity contribution in [1.82, 2.24) is 15.2 Å². The van der Waals surface area contributed by atoms with Gasteiger partial charge in [-0.2, -0.15) is 5.10 Å². The molecule has 0 radical (unpaired) electrons. The van der Waals surface area contributed by atoms with E-state index in [1.165, 1.54) is 30.6 Å². The first-order valence-corrected chi connectivity index (χ1v) is 5.64. The number of hydrogen-bond donors (Lipinski definition) is 2. The van der Waals surface area contributed by atoms with Crippen LogP contribution >= 0.6 is 0 Å². The van der Waals surface area contributed by atoms with E-state index in [-0.39, 0.29) is 18.1 Å². The molecule has 0 aliphatic carbocycles. The van der Waals surface area contributed by atoms with Crippen molar-refractivity contribution in [3.63, 3.8) is 0 Å². The lowest BCUT2D eigenvalue weighted by Gasteiger charge is -2.04. The Labute approximate surface area is 114 Å². The lowest BCUT2D eigenvalue weighted by Crippen LogP contribution is -2.16. The molecule has 0 atom stereocenters. The van der Waals surface area contributed by atoms with Crippen molar-refractivity contribution in [2.45, 2.75) is 0 Å². The Bertz CT molecular complexity index is 678. The van der Waals surface area contributed by atoms with Gasteiger partial charge in [-0.15, -0.1) is 5.10 Å². The summed E-state index contributed by atoms with van der Waals surface area (Å²) in [5.74, 6) is 4.01. The van der Waals surface area contributed by atoms with Crippen molar-refractivity contribution in [1.29, 1.82) is 0 Å². The van der Waals surface area contributed by atoms with E-state index in [0.29, 0.717) is 5.56 Å². The predicted octanol–water partition coefficient (Wildman–Crippen LogP) is 0.573. The van der Waals surface area contributed by atoms with Crippen LogP contribution in [0.4, 0.5) is 10.3 Å². The fraction of sp³-hybridized carbons (Fsp3) is 0.0769. The minimum atomic E-state index is -0.674. The van der Waals surface area contributed by atoms with Gasteiger partial charge in [0, 0.05) is 5.56 Å². The summed E-state index contributed by atoms with van der Waals surface area (Å²) in [6.45, 7) is 0.183. The molecule has 2 aromatic rings. The molecule has 100 valence electrons. The predicted molar refractivity (Wildman–Crippen MR) is 70.1 cm³/mol. The van der Waals surface area contributed by atoms with Crippen molar-refractivity contribution in [2.24, 2.45) is 5.73 Å². The maximum atomic E-state index is 13.7. The summed E-state index contributed by atoms with van der Waals surface area (Å²) in [6, 6.07) is 3.97. The van der Waals surface area contributed by atoms with Gasteiger partial charge in [0.25, 0.3) is 5.91 Å². The van der Waals surface area contributed by atoms with Crippen LogP contribution in [-0.2, 0) is 0 Å². The Morgan fingerprint density at radius 2 is 2.25 bits per heavy atom. The van der Waals surface area contributed by atoms with E-state index in [2.05, 4.69) is 32.3 Å². The Morgan fingerprint density at radius 3 is 2.95 bits per heavy atom. The normalized spacial score (nSPS) is 9.50. The van der Waals surface area contributed by atoms with Crippen molar-refractivity contribution >= 4 is 11.9 Å². The van der Waals surface area contributed by atoms with Crippen LogP contribution < -0.4 is 11.1 Å². The maximum absolute atomic E-state index is 13.7. The highest BCUT2D eigenvalue weighted by Crippen LogP contribution is 2.11. The van der Waals surface area contributed by atoms with Gasteiger partial charge in [-0.25, -0.2) is 9.37 Å². The number of carbonyl (C=O) groups is 1. The molecule has 20 heavy (non-hydrogen) atoms. The third-order valence-corrected chi connectivity index (χ3v) is 2.25. The third-order valence-electron chi connectivity index (χ3n) is 2.25. The molecule has 0 bridgehead atoms. The van der Waals surface area contributed by atoms with Crippen molar-refractivity contribution < 1.29 is 9.18 Å². The molecule has 0 fully saturated rings. The van der Waals surface area contributed by atoms with Gasteiger partial charge in [0.05, 0.1) is 24.5 Å². The molecule has 2 rings (SSSR count). The standard InChI is InChI=1S/C13H10FN5O/c14-11-4-3-9(2-1-5-15)8-10(11)12(20)18-13-16-6-7-17-19-13/h3-4,6-8H,5,15H2,(H,16,18,19,20). The highest BCUT2D eigenvalue weighted by molar-refractivity contribution is 6.03. The molecular weight excluding hydrogens is 261 g/mol. The zero-order chi connectivity index (χ0) is 14.4.